The van der Waals surface area contributed by atoms with Gasteiger partial charge < -0.3 is 15.2 Å². The third kappa shape index (κ3) is 3.86. The molecule has 0 atom stereocenters. The fourth-order valence-electron chi connectivity index (χ4n) is 1.04. The number of hydrogen-bond donors (Lipinski definition) is 1. The first-order chi connectivity index (χ1) is 7.49. The van der Waals surface area contributed by atoms with Gasteiger partial charge in [0.1, 0.15) is 0 Å². The first kappa shape index (κ1) is 12.4. The van der Waals surface area contributed by atoms with E-state index in [2.05, 4.69) is 21.2 Å². The highest BCUT2D eigenvalue weighted by Gasteiger charge is 2.02. The summed E-state index contributed by atoms with van der Waals surface area (Å²) in [5.41, 5.74) is 1.63. The molecule has 0 aliphatic carbocycles. The summed E-state index contributed by atoms with van der Waals surface area (Å²) in [7, 11) is 0. The van der Waals surface area contributed by atoms with Gasteiger partial charge >= 0.3 is 0 Å². The molecular weight excluding hydrogens is 274 g/mol. The van der Waals surface area contributed by atoms with Crippen molar-refractivity contribution in [2.24, 2.45) is 0 Å². The molecule has 16 heavy (non-hydrogen) atoms. The molecule has 0 unspecified atom stereocenters. The number of carbonyl (C=O) groups excluding carboxylic acids is 2. The van der Waals surface area contributed by atoms with Crippen molar-refractivity contribution in [1.82, 2.24) is 0 Å². The van der Waals surface area contributed by atoms with Gasteiger partial charge in [-0.25, -0.2) is 0 Å². The molecule has 0 fully saturated rings. The van der Waals surface area contributed by atoms with E-state index in [1.807, 2.05) is 19.1 Å². The number of aliphatic carboxylic acids is 1. The van der Waals surface area contributed by atoms with Gasteiger partial charge in [0.25, 0.3) is 0 Å². The van der Waals surface area contributed by atoms with Crippen molar-refractivity contribution in [1.29, 1.82) is 0 Å². The van der Waals surface area contributed by atoms with Gasteiger partial charge in [0.2, 0.25) is 5.91 Å². The topological polar surface area (TPSA) is 69.2 Å². The summed E-state index contributed by atoms with van der Waals surface area (Å²) in [4.78, 5) is 21.3. The molecular formula is C11H9BrNO3-. The quantitative estimate of drug-likeness (QED) is 0.841. The van der Waals surface area contributed by atoms with Crippen LogP contribution in [0.2, 0.25) is 0 Å². The van der Waals surface area contributed by atoms with Gasteiger partial charge in [-0.05, 0) is 46.6 Å². The smallest absolute Gasteiger partial charge is 0.248 e. The molecule has 4 nitrogen and oxygen atoms in total. The number of benzene rings is 1. The lowest BCUT2D eigenvalue weighted by atomic mass is 10.2. The van der Waals surface area contributed by atoms with Gasteiger partial charge in [0, 0.05) is 10.5 Å². The van der Waals surface area contributed by atoms with Crippen molar-refractivity contribution < 1.29 is 14.7 Å². The third-order valence-corrected chi connectivity index (χ3v) is 2.41. The second-order valence-electron chi connectivity index (χ2n) is 3.12. The Kier molecular flexibility index (Phi) is 4.25. The Morgan fingerprint density at radius 2 is 2.06 bits per heavy atom. The molecule has 0 radical (unpaired) electrons. The summed E-state index contributed by atoms with van der Waals surface area (Å²) in [5.74, 6) is -1.92. The summed E-state index contributed by atoms with van der Waals surface area (Å²) in [6, 6.07) is 5.41. The number of carboxylic acids is 1. The number of halogens is 1. The fraction of sp³-hybridized carbons (Fsp3) is 0.0909. The van der Waals surface area contributed by atoms with Crippen molar-refractivity contribution in [2.75, 3.05) is 5.32 Å². The van der Waals surface area contributed by atoms with Crippen LogP contribution >= 0.6 is 15.9 Å². The maximum absolute atomic E-state index is 11.2. The Labute approximate surface area is 101 Å². The minimum Gasteiger partial charge on any atom is -0.545 e. The van der Waals surface area contributed by atoms with Crippen LogP contribution in [0.15, 0.2) is 34.8 Å². The number of nitrogens with one attached hydrogen (secondary N) is 1. The summed E-state index contributed by atoms with van der Waals surface area (Å²) >= 11 is 3.29. The summed E-state index contributed by atoms with van der Waals surface area (Å²) in [6.07, 6.45) is 1.58. The van der Waals surface area contributed by atoms with E-state index in [1.54, 1.807) is 6.07 Å². The number of aryl methyl sites for hydroxylation is 1. The Hall–Kier alpha value is -1.62. The molecule has 5 heteroatoms. The van der Waals surface area contributed by atoms with Crippen molar-refractivity contribution in [3.05, 3.63) is 40.4 Å². The van der Waals surface area contributed by atoms with Crippen LogP contribution < -0.4 is 10.4 Å². The lowest BCUT2D eigenvalue weighted by Gasteiger charge is -2.05. The third-order valence-electron chi connectivity index (χ3n) is 1.75. The predicted molar refractivity (Wildman–Crippen MR) is 61.7 cm³/mol. The average Bonchev–Trinajstić information content (AvgIpc) is 2.19. The molecule has 0 aromatic heterocycles. The van der Waals surface area contributed by atoms with E-state index >= 15 is 0 Å². The van der Waals surface area contributed by atoms with Crippen LogP contribution in [-0.2, 0) is 9.59 Å². The molecule has 0 saturated carbocycles. The van der Waals surface area contributed by atoms with Crippen LogP contribution in [0.1, 0.15) is 5.56 Å². The number of amides is 1. The molecule has 0 aliphatic heterocycles. The summed E-state index contributed by atoms with van der Waals surface area (Å²) in [5, 5.41) is 12.6. The Bertz CT molecular complexity index is 455. The molecule has 84 valence electrons. The van der Waals surface area contributed by atoms with Crippen LogP contribution in [0.3, 0.4) is 0 Å². The van der Waals surface area contributed by atoms with Crippen LogP contribution in [-0.4, -0.2) is 11.9 Å². The summed E-state index contributed by atoms with van der Waals surface area (Å²) in [6.45, 7) is 1.92. The van der Waals surface area contributed by atoms with E-state index in [9.17, 15) is 14.7 Å². The molecule has 0 saturated heterocycles. The molecule has 1 amide bonds. The first-order valence-electron chi connectivity index (χ1n) is 4.45. The highest BCUT2D eigenvalue weighted by Crippen LogP contribution is 2.23. The SMILES string of the molecule is Cc1ccc(NC(=O)C=CC(=O)[O-])c(Br)c1. The standard InChI is InChI=1S/C11H10BrNO3/c1-7-2-3-9(8(12)6-7)13-10(14)4-5-11(15)16/h2-6H,1H3,(H,13,14)(H,15,16)/p-1. The lowest BCUT2D eigenvalue weighted by Crippen LogP contribution is -2.20. The van der Waals surface area contributed by atoms with Gasteiger partial charge in [0.05, 0.1) is 11.7 Å². The van der Waals surface area contributed by atoms with Gasteiger partial charge in [-0.2, -0.15) is 0 Å². The van der Waals surface area contributed by atoms with Crippen LogP contribution in [0, 0.1) is 6.92 Å². The van der Waals surface area contributed by atoms with E-state index in [-0.39, 0.29) is 0 Å². The highest BCUT2D eigenvalue weighted by atomic mass is 79.9. The van der Waals surface area contributed by atoms with E-state index < -0.39 is 11.9 Å². The minimum absolute atomic E-state index is 0.520. The summed E-state index contributed by atoms with van der Waals surface area (Å²) < 4.78 is 0.739. The fourth-order valence-corrected chi connectivity index (χ4v) is 1.63. The van der Waals surface area contributed by atoms with Gasteiger partial charge in [-0.1, -0.05) is 6.07 Å². The monoisotopic (exact) mass is 282 g/mol. The van der Waals surface area contributed by atoms with E-state index in [4.69, 9.17) is 0 Å². The zero-order valence-electron chi connectivity index (χ0n) is 8.49. The maximum Gasteiger partial charge on any atom is 0.248 e. The Balaban J connectivity index is 2.73. The van der Waals surface area contributed by atoms with Crippen molar-refractivity contribution >= 4 is 33.5 Å². The largest absolute Gasteiger partial charge is 0.545 e. The molecule has 1 aromatic carbocycles. The zero-order chi connectivity index (χ0) is 12.1. The second kappa shape index (κ2) is 5.46. The van der Waals surface area contributed by atoms with Crippen LogP contribution in [0.25, 0.3) is 0 Å². The number of hydrogen-bond acceptors (Lipinski definition) is 3. The number of carboxylic acid groups (broad SMARTS) is 1. The van der Waals surface area contributed by atoms with Gasteiger partial charge in [-0.15, -0.1) is 0 Å². The van der Waals surface area contributed by atoms with E-state index in [0.717, 1.165) is 16.1 Å². The van der Waals surface area contributed by atoms with E-state index in [1.165, 1.54) is 0 Å². The van der Waals surface area contributed by atoms with Gasteiger partial charge in [0.15, 0.2) is 0 Å². The molecule has 0 spiro atoms. The zero-order valence-corrected chi connectivity index (χ0v) is 10.1. The van der Waals surface area contributed by atoms with E-state index in [0.29, 0.717) is 11.8 Å². The number of rotatable bonds is 3. The van der Waals surface area contributed by atoms with Crippen molar-refractivity contribution in [2.45, 2.75) is 6.92 Å². The number of carbonyl (C=O) groups is 2. The molecule has 1 rings (SSSR count). The maximum atomic E-state index is 11.2. The minimum atomic E-state index is -1.40. The van der Waals surface area contributed by atoms with Crippen LogP contribution in [0.5, 0.6) is 0 Å². The molecule has 1 N–H and O–H groups in total. The lowest BCUT2D eigenvalue weighted by molar-refractivity contribution is -0.297. The number of anilines is 1. The molecule has 0 heterocycles. The van der Waals surface area contributed by atoms with Crippen LogP contribution in [0.4, 0.5) is 5.69 Å². The second-order valence-corrected chi connectivity index (χ2v) is 3.98. The highest BCUT2D eigenvalue weighted by molar-refractivity contribution is 9.10. The molecule has 0 aliphatic rings. The normalized spacial score (nSPS) is 10.4. The Morgan fingerprint density at radius 3 is 2.62 bits per heavy atom. The van der Waals surface area contributed by atoms with Crippen molar-refractivity contribution in [3.63, 3.8) is 0 Å². The average molecular weight is 283 g/mol. The molecule has 1 aromatic rings. The van der Waals surface area contributed by atoms with Crippen molar-refractivity contribution in [3.8, 4) is 0 Å². The Morgan fingerprint density at radius 1 is 1.38 bits per heavy atom. The molecule has 0 bridgehead atoms. The van der Waals surface area contributed by atoms with Gasteiger partial charge in [-0.3, -0.25) is 4.79 Å². The predicted octanol–water partition coefficient (Wildman–Crippen LogP) is 1.00. The first-order valence-corrected chi connectivity index (χ1v) is 5.24.